The van der Waals surface area contributed by atoms with Gasteiger partial charge in [-0.25, -0.2) is 4.79 Å². The predicted molar refractivity (Wildman–Crippen MR) is 74.1 cm³/mol. The SMILES string of the molecule is CC1=CCCN(C(=O)NC(=O)CC(C)(C)CC(=O)O)C1. The minimum absolute atomic E-state index is 0.00764. The summed E-state index contributed by atoms with van der Waals surface area (Å²) in [4.78, 5) is 36.0. The molecule has 0 aromatic carbocycles. The molecular formula is C14H22N2O4. The third kappa shape index (κ3) is 5.42. The van der Waals surface area contributed by atoms with Crippen LogP contribution >= 0.6 is 0 Å². The Kier molecular flexibility index (Phi) is 5.30. The standard InChI is InChI=1S/C14H22N2O4/c1-10-5-4-6-16(9-10)13(20)15-11(17)7-14(2,3)8-12(18)19/h5H,4,6-9H2,1-3H3,(H,18,19)(H,15,17,20). The summed E-state index contributed by atoms with van der Waals surface area (Å²) < 4.78 is 0. The summed E-state index contributed by atoms with van der Waals surface area (Å²) in [5.74, 6) is -1.39. The Bertz CT molecular complexity index is 440. The topological polar surface area (TPSA) is 86.7 Å². The first-order chi connectivity index (χ1) is 9.19. The minimum atomic E-state index is -0.953. The number of carboxylic acids is 1. The number of hydrogen-bond donors (Lipinski definition) is 2. The van der Waals surface area contributed by atoms with E-state index in [4.69, 9.17) is 5.11 Å². The Labute approximate surface area is 118 Å². The van der Waals surface area contributed by atoms with E-state index in [0.717, 1.165) is 12.0 Å². The molecule has 1 rings (SSSR count). The van der Waals surface area contributed by atoms with Crippen LogP contribution in [0.25, 0.3) is 0 Å². The third-order valence-electron chi connectivity index (χ3n) is 3.13. The third-order valence-corrected chi connectivity index (χ3v) is 3.13. The maximum atomic E-state index is 11.9. The molecule has 0 saturated heterocycles. The average molecular weight is 282 g/mol. The molecule has 112 valence electrons. The lowest BCUT2D eigenvalue weighted by atomic mass is 9.85. The zero-order valence-electron chi connectivity index (χ0n) is 12.2. The van der Waals surface area contributed by atoms with E-state index in [1.807, 2.05) is 6.92 Å². The molecule has 6 nitrogen and oxygen atoms in total. The second-order valence-electron chi connectivity index (χ2n) is 6.03. The minimum Gasteiger partial charge on any atom is -0.481 e. The molecule has 20 heavy (non-hydrogen) atoms. The van der Waals surface area contributed by atoms with E-state index in [0.29, 0.717) is 13.1 Å². The summed E-state index contributed by atoms with van der Waals surface area (Å²) in [5, 5.41) is 11.1. The molecule has 0 bridgehead atoms. The Morgan fingerprint density at radius 2 is 2.00 bits per heavy atom. The van der Waals surface area contributed by atoms with Gasteiger partial charge in [-0.15, -0.1) is 0 Å². The van der Waals surface area contributed by atoms with Crippen molar-refractivity contribution in [1.82, 2.24) is 10.2 Å². The number of aliphatic carboxylic acids is 1. The first kappa shape index (κ1) is 16.2. The lowest BCUT2D eigenvalue weighted by Gasteiger charge is -2.27. The highest BCUT2D eigenvalue weighted by Crippen LogP contribution is 2.24. The van der Waals surface area contributed by atoms with Crippen molar-refractivity contribution in [3.63, 3.8) is 0 Å². The van der Waals surface area contributed by atoms with Crippen molar-refractivity contribution in [3.05, 3.63) is 11.6 Å². The van der Waals surface area contributed by atoms with E-state index in [2.05, 4.69) is 11.4 Å². The van der Waals surface area contributed by atoms with Gasteiger partial charge in [0.25, 0.3) is 0 Å². The van der Waals surface area contributed by atoms with Gasteiger partial charge in [-0.3, -0.25) is 14.9 Å². The number of carboxylic acid groups (broad SMARTS) is 1. The number of carbonyl (C=O) groups excluding carboxylic acids is 2. The van der Waals surface area contributed by atoms with Crippen molar-refractivity contribution in [1.29, 1.82) is 0 Å². The summed E-state index contributed by atoms with van der Waals surface area (Å²) in [5.41, 5.74) is 0.429. The van der Waals surface area contributed by atoms with Crippen LogP contribution in [0.4, 0.5) is 4.79 Å². The first-order valence-electron chi connectivity index (χ1n) is 6.66. The normalized spacial score (nSPS) is 15.6. The molecular weight excluding hydrogens is 260 g/mol. The zero-order valence-corrected chi connectivity index (χ0v) is 12.2. The van der Waals surface area contributed by atoms with Crippen molar-refractivity contribution in [2.75, 3.05) is 13.1 Å². The summed E-state index contributed by atoms with van der Waals surface area (Å²) in [6.45, 7) is 6.45. The first-order valence-corrected chi connectivity index (χ1v) is 6.66. The van der Waals surface area contributed by atoms with Crippen LogP contribution < -0.4 is 5.32 Å². The van der Waals surface area contributed by atoms with Crippen LogP contribution in [0.15, 0.2) is 11.6 Å². The molecule has 0 saturated carbocycles. The fraction of sp³-hybridized carbons (Fsp3) is 0.643. The van der Waals surface area contributed by atoms with Crippen LogP contribution in [-0.4, -0.2) is 41.0 Å². The largest absolute Gasteiger partial charge is 0.481 e. The summed E-state index contributed by atoms with van der Waals surface area (Å²) in [6.07, 6.45) is 2.76. The van der Waals surface area contributed by atoms with E-state index in [9.17, 15) is 14.4 Å². The molecule has 0 aliphatic carbocycles. The quantitative estimate of drug-likeness (QED) is 0.769. The highest BCUT2D eigenvalue weighted by atomic mass is 16.4. The van der Waals surface area contributed by atoms with Crippen LogP contribution in [0.1, 0.15) is 40.0 Å². The molecule has 0 fully saturated rings. The van der Waals surface area contributed by atoms with Crippen molar-refractivity contribution < 1.29 is 19.5 Å². The Hall–Kier alpha value is -1.85. The van der Waals surface area contributed by atoms with Gasteiger partial charge in [0.1, 0.15) is 0 Å². The predicted octanol–water partition coefficient (Wildman–Crippen LogP) is 1.77. The number of urea groups is 1. The molecule has 2 N–H and O–H groups in total. The summed E-state index contributed by atoms with van der Waals surface area (Å²) in [6, 6.07) is -0.409. The van der Waals surface area contributed by atoms with Crippen LogP contribution in [0.5, 0.6) is 0 Å². The number of nitrogens with one attached hydrogen (secondary N) is 1. The van der Waals surface area contributed by atoms with Crippen LogP contribution in [0.3, 0.4) is 0 Å². The number of amides is 3. The second-order valence-corrected chi connectivity index (χ2v) is 6.03. The van der Waals surface area contributed by atoms with Gasteiger partial charge in [-0.2, -0.15) is 0 Å². The number of hydrogen-bond acceptors (Lipinski definition) is 3. The van der Waals surface area contributed by atoms with E-state index < -0.39 is 23.3 Å². The van der Waals surface area contributed by atoms with Gasteiger partial charge in [0.15, 0.2) is 0 Å². The van der Waals surface area contributed by atoms with Gasteiger partial charge in [-0.05, 0) is 18.8 Å². The van der Waals surface area contributed by atoms with E-state index in [1.54, 1.807) is 18.7 Å². The fourth-order valence-electron chi connectivity index (χ4n) is 2.23. The molecule has 0 radical (unpaired) electrons. The van der Waals surface area contributed by atoms with Crippen molar-refractivity contribution in [2.45, 2.75) is 40.0 Å². The number of carbonyl (C=O) groups is 3. The maximum absolute atomic E-state index is 11.9. The molecule has 1 heterocycles. The molecule has 1 aliphatic rings. The number of rotatable bonds is 4. The van der Waals surface area contributed by atoms with Crippen molar-refractivity contribution in [3.8, 4) is 0 Å². The lowest BCUT2D eigenvalue weighted by molar-refractivity contribution is -0.139. The molecule has 0 spiro atoms. The van der Waals surface area contributed by atoms with Gasteiger partial charge in [0.2, 0.25) is 5.91 Å². The van der Waals surface area contributed by atoms with Crippen molar-refractivity contribution >= 4 is 17.9 Å². The molecule has 6 heteroatoms. The number of imide groups is 1. The summed E-state index contributed by atoms with van der Waals surface area (Å²) >= 11 is 0. The Morgan fingerprint density at radius 3 is 2.55 bits per heavy atom. The van der Waals surface area contributed by atoms with Gasteiger partial charge in [-0.1, -0.05) is 25.5 Å². The molecule has 0 atom stereocenters. The highest BCUT2D eigenvalue weighted by Gasteiger charge is 2.27. The Morgan fingerprint density at radius 1 is 1.35 bits per heavy atom. The van der Waals surface area contributed by atoms with E-state index >= 15 is 0 Å². The average Bonchev–Trinajstić information content (AvgIpc) is 2.25. The Balaban J connectivity index is 2.48. The molecule has 1 aliphatic heterocycles. The second kappa shape index (κ2) is 6.54. The molecule has 0 unspecified atom stereocenters. The molecule has 3 amide bonds. The lowest BCUT2D eigenvalue weighted by Crippen LogP contribution is -2.45. The van der Waals surface area contributed by atoms with Gasteiger partial charge in [0.05, 0.1) is 6.42 Å². The van der Waals surface area contributed by atoms with Crippen LogP contribution in [0, 0.1) is 5.41 Å². The number of nitrogens with zero attached hydrogens (tertiary/aromatic N) is 1. The smallest absolute Gasteiger partial charge is 0.324 e. The summed E-state index contributed by atoms with van der Waals surface area (Å²) in [7, 11) is 0. The monoisotopic (exact) mass is 282 g/mol. The van der Waals surface area contributed by atoms with Crippen LogP contribution in [-0.2, 0) is 9.59 Å². The molecule has 0 aromatic rings. The van der Waals surface area contributed by atoms with Gasteiger partial charge >= 0.3 is 12.0 Å². The van der Waals surface area contributed by atoms with Gasteiger partial charge in [0, 0.05) is 19.5 Å². The van der Waals surface area contributed by atoms with E-state index in [-0.39, 0.29) is 12.8 Å². The van der Waals surface area contributed by atoms with Crippen LogP contribution in [0.2, 0.25) is 0 Å². The fourth-order valence-corrected chi connectivity index (χ4v) is 2.23. The maximum Gasteiger partial charge on any atom is 0.324 e. The zero-order chi connectivity index (χ0) is 15.3. The highest BCUT2D eigenvalue weighted by molar-refractivity contribution is 5.94. The van der Waals surface area contributed by atoms with Gasteiger partial charge < -0.3 is 10.0 Å². The van der Waals surface area contributed by atoms with Crippen molar-refractivity contribution in [2.24, 2.45) is 5.41 Å². The van der Waals surface area contributed by atoms with E-state index in [1.165, 1.54) is 0 Å². The molecule has 0 aromatic heterocycles.